The summed E-state index contributed by atoms with van der Waals surface area (Å²) in [5.74, 6) is -1.96. The van der Waals surface area contributed by atoms with Gasteiger partial charge in [0.15, 0.2) is 17.0 Å². The predicted octanol–water partition coefficient (Wildman–Crippen LogP) is 3.29. The van der Waals surface area contributed by atoms with Crippen molar-refractivity contribution in [2.75, 3.05) is 4.72 Å². The summed E-state index contributed by atoms with van der Waals surface area (Å²) < 4.78 is 56.0. The van der Waals surface area contributed by atoms with E-state index in [1.165, 1.54) is 29.1 Å². The van der Waals surface area contributed by atoms with Crippen LogP contribution in [0, 0.1) is 5.82 Å². The van der Waals surface area contributed by atoms with E-state index in [0.29, 0.717) is 5.56 Å². The van der Waals surface area contributed by atoms with Crippen molar-refractivity contribution in [3.05, 3.63) is 47.8 Å². The number of thiol groups is 1. The van der Waals surface area contributed by atoms with Gasteiger partial charge >= 0.3 is 6.18 Å². The Morgan fingerprint density at radius 3 is 2.57 bits per heavy atom. The lowest BCUT2D eigenvalue weighted by atomic mass is 10.2. The molecule has 3 aromatic rings. The van der Waals surface area contributed by atoms with Crippen molar-refractivity contribution in [1.29, 1.82) is 0 Å². The van der Waals surface area contributed by atoms with E-state index >= 15 is 0 Å². The fraction of sp³-hybridized carbons (Fsp3) is 0.154. The highest BCUT2D eigenvalue weighted by Gasteiger charge is 2.36. The van der Waals surface area contributed by atoms with Crippen molar-refractivity contribution < 1.29 is 17.6 Å². The predicted molar refractivity (Wildman–Crippen MR) is 78.4 cm³/mol. The van der Waals surface area contributed by atoms with Gasteiger partial charge in [-0.3, -0.25) is 0 Å². The molecule has 5 nitrogen and oxygen atoms in total. The Kier molecular flexibility index (Phi) is 3.84. The molecule has 2 heterocycles. The number of hydrogen-bond donors (Lipinski definition) is 2. The average molecular weight is 343 g/mol. The number of alkyl halides is 3. The molecular formula is C13H9F4N5S. The molecule has 0 fully saturated rings. The van der Waals surface area contributed by atoms with Gasteiger partial charge in [-0.15, -0.1) is 0 Å². The lowest BCUT2D eigenvalue weighted by molar-refractivity contribution is -0.144. The molecule has 23 heavy (non-hydrogen) atoms. The van der Waals surface area contributed by atoms with Crippen LogP contribution in [0.2, 0.25) is 0 Å². The molecule has 0 amide bonds. The van der Waals surface area contributed by atoms with Gasteiger partial charge in [0.25, 0.3) is 0 Å². The Bertz CT molecular complexity index is 861. The first-order chi connectivity index (χ1) is 10.9. The van der Waals surface area contributed by atoms with Crippen LogP contribution in [-0.4, -0.2) is 19.5 Å². The minimum Gasteiger partial charge on any atom is -0.315 e. The summed E-state index contributed by atoms with van der Waals surface area (Å²) in [6.07, 6.45) is -3.44. The third kappa shape index (κ3) is 2.93. The van der Waals surface area contributed by atoms with E-state index in [9.17, 15) is 17.6 Å². The van der Waals surface area contributed by atoms with Crippen LogP contribution in [0.25, 0.3) is 11.2 Å². The van der Waals surface area contributed by atoms with Crippen molar-refractivity contribution in [2.45, 2.75) is 12.7 Å². The number of benzene rings is 1. The SMILES string of the molecule is Fc1ccccc1Cn1cnc2c(NS)nc(C(F)(F)F)nc21. The van der Waals surface area contributed by atoms with Gasteiger partial charge in [-0.2, -0.15) is 13.2 Å². The maximum absolute atomic E-state index is 13.7. The van der Waals surface area contributed by atoms with E-state index in [-0.39, 0.29) is 23.5 Å². The molecule has 0 saturated heterocycles. The lowest BCUT2D eigenvalue weighted by Gasteiger charge is -2.09. The third-order valence-corrected chi connectivity index (χ3v) is 3.33. The van der Waals surface area contributed by atoms with Crippen LogP contribution in [0.4, 0.5) is 23.4 Å². The standard InChI is InChI=1S/C13H9F4N5S/c14-8-4-2-1-3-7(8)5-22-6-18-9-10(21-23)19-12(13(15,16)17)20-11(9)22/h1-4,6,23H,5H2,(H,19,20,21). The minimum atomic E-state index is -4.72. The summed E-state index contributed by atoms with van der Waals surface area (Å²) in [6.45, 7) is -0.0104. The molecule has 0 saturated carbocycles. The molecular weight excluding hydrogens is 334 g/mol. The van der Waals surface area contributed by atoms with Gasteiger partial charge in [-0.05, 0) is 6.07 Å². The van der Waals surface area contributed by atoms with E-state index in [4.69, 9.17) is 0 Å². The molecule has 10 heteroatoms. The molecule has 0 bridgehead atoms. The van der Waals surface area contributed by atoms with Gasteiger partial charge < -0.3 is 9.29 Å². The Hall–Kier alpha value is -2.36. The maximum atomic E-state index is 13.7. The highest BCUT2D eigenvalue weighted by molar-refractivity contribution is 7.81. The fourth-order valence-electron chi connectivity index (χ4n) is 2.07. The summed E-state index contributed by atoms with van der Waals surface area (Å²) >= 11 is 3.74. The molecule has 0 aliphatic carbocycles. The molecule has 1 N–H and O–H groups in total. The Labute approximate surface area is 132 Å². The smallest absolute Gasteiger partial charge is 0.315 e. The highest BCUT2D eigenvalue weighted by Crippen LogP contribution is 2.30. The lowest BCUT2D eigenvalue weighted by Crippen LogP contribution is -2.13. The third-order valence-electron chi connectivity index (χ3n) is 3.12. The zero-order valence-corrected chi connectivity index (χ0v) is 12.2. The summed E-state index contributed by atoms with van der Waals surface area (Å²) in [4.78, 5) is 10.8. The quantitative estimate of drug-likeness (QED) is 0.566. The van der Waals surface area contributed by atoms with E-state index in [1.807, 2.05) is 0 Å². The van der Waals surface area contributed by atoms with Crippen molar-refractivity contribution in [1.82, 2.24) is 19.5 Å². The summed E-state index contributed by atoms with van der Waals surface area (Å²) in [5, 5.41) is 0. The van der Waals surface area contributed by atoms with Crippen LogP contribution in [0.15, 0.2) is 30.6 Å². The molecule has 0 aliphatic heterocycles. The molecule has 3 rings (SSSR count). The molecule has 120 valence electrons. The van der Waals surface area contributed by atoms with Crippen molar-refractivity contribution in [2.24, 2.45) is 0 Å². The minimum absolute atomic E-state index is 0.0104. The number of aromatic nitrogens is 4. The Morgan fingerprint density at radius 2 is 1.91 bits per heavy atom. The number of hydrogen-bond acceptors (Lipinski definition) is 5. The first-order valence-corrected chi connectivity index (χ1v) is 6.78. The number of nitrogens with one attached hydrogen (secondary N) is 1. The number of fused-ring (bicyclic) bond motifs is 1. The summed E-state index contributed by atoms with van der Waals surface area (Å²) in [6, 6.07) is 5.96. The van der Waals surface area contributed by atoms with Gasteiger partial charge in [0.1, 0.15) is 5.82 Å². The van der Waals surface area contributed by atoms with E-state index in [0.717, 1.165) is 0 Å². The second-order valence-corrected chi connectivity index (χ2v) is 4.87. The van der Waals surface area contributed by atoms with Crippen molar-refractivity contribution >= 4 is 29.8 Å². The summed E-state index contributed by atoms with van der Waals surface area (Å²) in [7, 11) is 0. The first kappa shape index (κ1) is 15.5. The number of imidazole rings is 1. The van der Waals surface area contributed by atoms with Gasteiger partial charge in [0.05, 0.1) is 12.9 Å². The molecule has 0 atom stereocenters. The van der Waals surface area contributed by atoms with Crippen LogP contribution < -0.4 is 4.72 Å². The zero-order chi connectivity index (χ0) is 16.6. The molecule has 2 aromatic heterocycles. The Morgan fingerprint density at radius 1 is 1.17 bits per heavy atom. The van der Waals surface area contributed by atoms with E-state index < -0.39 is 17.8 Å². The largest absolute Gasteiger partial charge is 0.451 e. The molecule has 0 unspecified atom stereocenters. The van der Waals surface area contributed by atoms with Gasteiger partial charge in [0, 0.05) is 5.56 Å². The van der Waals surface area contributed by atoms with Crippen molar-refractivity contribution in [3.8, 4) is 0 Å². The second-order valence-electron chi connectivity index (χ2n) is 4.64. The topological polar surface area (TPSA) is 55.6 Å². The zero-order valence-electron chi connectivity index (χ0n) is 11.3. The second kappa shape index (κ2) is 5.69. The Balaban J connectivity index is 2.13. The average Bonchev–Trinajstić information content (AvgIpc) is 2.91. The fourth-order valence-corrected chi connectivity index (χ4v) is 2.23. The number of anilines is 1. The van der Waals surface area contributed by atoms with E-state index in [2.05, 4.69) is 32.5 Å². The number of halogens is 4. The van der Waals surface area contributed by atoms with Gasteiger partial charge in [0.2, 0.25) is 5.82 Å². The maximum Gasteiger partial charge on any atom is 0.451 e. The highest BCUT2D eigenvalue weighted by atomic mass is 32.1. The van der Waals surface area contributed by atoms with E-state index in [1.54, 1.807) is 6.07 Å². The monoisotopic (exact) mass is 343 g/mol. The van der Waals surface area contributed by atoms with Crippen LogP contribution in [-0.2, 0) is 12.7 Å². The van der Waals surface area contributed by atoms with Gasteiger partial charge in [-0.1, -0.05) is 31.0 Å². The van der Waals surface area contributed by atoms with Crippen LogP contribution in [0.3, 0.4) is 0 Å². The number of nitrogens with zero attached hydrogens (tertiary/aromatic N) is 4. The van der Waals surface area contributed by atoms with Crippen LogP contribution in [0.1, 0.15) is 11.4 Å². The molecule has 1 aromatic carbocycles. The molecule has 0 aliphatic rings. The normalized spacial score (nSPS) is 11.9. The summed E-state index contributed by atoms with van der Waals surface area (Å²) in [5.41, 5.74) is 0.357. The first-order valence-electron chi connectivity index (χ1n) is 6.33. The van der Waals surface area contributed by atoms with Crippen LogP contribution in [0.5, 0.6) is 0 Å². The van der Waals surface area contributed by atoms with Gasteiger partial charge in [-0.25, -0.2) is 19.3 Å². The molecule has 0 spiro atoms. The van der Waals surface area contributed by atoms with Crippen molar-refractivity contribution in [3.63, 3.8) is 0 Å². The van der Waals surface area contributed by atoms with Crippen LogP contribution >= 0.6 is 12.8 Å². The number of rotatable bonds is 3. The molecule has 0 radical (unpaired) electrons.